The lowest BCUT2D eigenvalue weighted by Crippen LogP contribution is -2.28. The first-order chi connectivity index (χ1) is 14.4. The number of benzene rings is 2. The predicted octanol–water partition coefficient (Wildman–Crippen LogP) is 4.13. The van der Waals surface area contributed by atoms with Crippen LogP contribution in [-0.4, -0.2) is 27.5 Å². The number of carboxylic acid groups (broad SMARTS) is 1. The van der Waals surface area contributed by atoms with Gasteiger partial charge in [-0.15, -0.1) is 0 Å². The molecule has 0 aliphatic rings. The number of hydrogen-bond donors (Lipinski definition) is 1. The topological polar surface area (TPSA) is 105 Å². The van der Waals surface area contributed by atoms with Crippen molar-refractivity contribution in [3.05, 3.63) is 85.7 Å². The summed E-state index contributed by atoms with van der Waals surface area (Å²) in [6.07, 6.45) is 3.04. The maximum absolute atomic E-state index is 12.9. The first-order valence-electron chi connectivity index (χ1n) is 8.92. The average molecular weight is 466 g/mol. The Balaban J connectivity index is 2.15. The summed E-state index contributed by atoms with van der Waals surface area (Å²) in [5, 5.41) is 23.2. The molecule has 1 N–H and O–H groups in total. The molecule has 0 spiro atoms. The zero-order valence-electron chi connectivity index (χ0n) is 15.9. The molecule has 0 amide bonds. The van der Waals surface area contributed by atoms with Crippen molar-refractivity contribution in [1.29, 1.82) is 5.26 Å². The van der Waals surface area contributed by atoms with E-state index in [0.717, 1.165) is 14.7 Å². The lowest BCUT2D eigenvalue weighted by atomic mass is 10.1. The van der Waals surface area contributed by atoms with Gasteiger partial charge in [-0.3, -0.25) is 4.79 Å². The Bertz CT molecular complexity index is 1220. The minimum atomic E-state index is -1.35. The number of hydrogen-bond acceptors (Lipinski definition) is 5. The Hall–Kier alpha value is -3.70. The van der Waals surface area contributed by atoms with Crippen LogP contribution in [0.15, 0.2) is 57.8 Å². The van der Waals surface area contributed by atoms with Crippen molar-refractivity contribution in [3.63, 3.8) is 0 Å². The third-order valence-corrected chi connectivity index (χ3v) is 4.62. The van der Waals surface area contributed by atoms with Crippen LogP contribution in [0.4, 0.5) is 0 Å². The Labute approximate surface area is 180 Å². The van der Waals surface area contributed by atoms with E-state index in [1.165, 1.54) is 6.08 Å². The number of nitriles is 1. The van der Waals surface area contributed by atoms with E-state index in [9.17, 15) is 20.0 Å². The van der Waals surface area contributed by atoms with Crippen molar-refractivity contribution in [3.8, 4) is 17.5 Å². The van der Waals surface area contributed by atoms with Crippen molar-refractivity contribution in [2.45, 2.75) is 6.92 Å². The van der Waals surface area contributed by atoms with Gasteiger partial charge in [0.05, 0.1) is 12.3 Å². The number of rotatable bonds is 6. The molecule has 0 aliphatic heterocycles. The normalized spacial score (nSPS) is 10.7. The summed E-state index contributed by atoms with van der Waals surface area (Å²) in [5.41, 5.74) is -0.364. The summed E-state index contributed by atoms with van der Waals surface area (Å²) in [6, 6.07) is 15.5. The number of nitrogens with zero attached hydrogens (tertiary/aromatic N) is 3. The highest BCUT2D eigenvalue weighted by Crippen LogP contribution is 2.19. The van der Waals surface area contributed by atoms with Crippen LogP contribution < -0.4 is 10.3 Å². The van der Waals surface area contributed by atoms with Crippen molar-refractivity contribution in [2.75, 3.05) is 6.61 Å². The van der Waals surface area contributed by atoms with Gasteiger partial charge in [-0.25, -0.2) is 4.79 Å². The van der Waals surface area contributed by atoms with Gasteiger partial charge in [0.1, 0.15) is 17.4 Å². The molecule has 0 atom stereocenters. The molecule has 1 heterocycles. The maximum Gasteiger partial charge on any atom is 0.357 e. The number of carbonyl (C=O) groups is 1. The predicted molar refractivity (Wildman–Crippen MR) is 116 cm³/mol. The van der Waals surface area contributed by atoms with Gasteiger partial charge in [0.15, 0.2) is 5.69 Å². The third kappa shape index (κ3) is 4.47. The van der Waals surface area contributed by atoms with E-state index >= 15 is 0 Å². The van der Waals surface area contributed by atoms with Crippen LogP contribution in [0.2, 0.25) is 0 Å². The van der Waals surface area contributed by atoms with Crippen LogP contribution in [0.1, 0.15) is 34.1 Å². The molecule has 0 radical (unpaired) electrons. The fourth-order valence-electron chi connectivity index (χ4n) is 2.78. The third-order valence-electron chi connectivity index (χ3n) is 4.13. The van der Waals surface area contributed by atoms with Crippen molar-refractivity contribution in [1.82, 2.24) is 9.78 Å². The van der Waals surface area contributed by atoms with E-state index < -0.39 is 17.2 Å². The molecule has 0 saturated heterocycles. The van der Waals surface area contributed by atoms with Gasteiger partial charge in [-0.2, -0.15) is 15.0 Å². The Morgan fingerprint density at radius 3 is 2.60 bits per heavy atom. The van der Waals surface area contributed by atoms with Gasteiger partial charge in [-0.05, 0) is 48.9 Å². The van der Waals surface area contributed by atoms with Crippen LogP contribution in [0.5, 0.6) is 5.75 Å². The van der Waals surface area contributed by atoms with Crippen LogP contribution >= 0.6 is 15.9 Å². The molecule has 2 aromatic carbocycles. The summed E-state index contributed by atoms with van der Waals surface area (Å²) in [5.74, 6) is -0.748. The zero-order chi connectivity index (χ0) is 21.7. The van der Waals surface area contributed by atoms with Gasteiger partial charge in [0.25, 0.3) is 5.56 Å². The molecule has 3 aromatic rings. The fraction of sp³-hybridized carbons (Fsp3) is 0.0909. The molecule has 0 saturated carbocycles. The molecule has 0 aliphatic carbocycles. The van der Waals surface area contributed by atoms with Crippen LogP contribution in [0.3, 0.4) is 0 Å². The fourth-order valence-corrected chi connectivity index (χ4v) is 3.20. The highest BCUT2D eigenvalue weighted by Gasteiger charge is 2.21. The second-order valence-electron chi connectivity index (χ2n) is 6.09. The second-order valence-corrected chi connectivity index (χ2v) is 7.00. The number of ether oxygens (including phenoxy) is 1. The molecule has 7 nitrogen and oxygen atoms in total. The lowest BCUT2D eigenvalue weighted by molar-refractivity contribution is 0.0688. The van der Waals surface area contributed by atoms with Crippen molar-refractivity contribution in [2.24, 2.45) is 0 Å². The van der Waals surface area contributed by atoms with E-state index in [1.807, 2.05) is 37.3 Å². The van der Waals surface area contributed by atoms with Crippen LogP contribution in [-0.2, 0) is 0 Å². The van der Waals surface area contributed by atoms with E-state index in [2.05, 4.69) is 21.0 Å². The number of aromatic nitrogens is 2. The minimum Gasteiger partial charge on any atom is -0.494 e. The highest BCUT2D eigenvalue weighted by molar-refractivity contribution is 9.10. The van der Waals surface area contributed by atoms with Crippen LogP contribution in [0.25, 0.3) is 17.8 Å². The van der Waals surface area contributed by atoms with Crippen molar-refractivity contribution < 1.29 is 14.6 Å². The molecule has 0 fully saturated rings. The van der Waals surface area contributed by atoms with Gasteiger partial charge >= 0.3 is 5.97 Å². The Morgan fingerprint density at radius 2 is 2.00 bits per heavy atom. The smallest absolute Gasteiger partial charge is 0.357 e. The monoisotopic (exact) mass is 465 g/mol. The van der Waals surface area contributed by atoms with Gasteiger partial charge < -0.3 is 9.84 Å². The molecule has 150 valence electrons. The number of halogens is 1. The average Bonchev–Trinajstić information content (AvgIpc) is 2.73. The Morgan fingerprint density at radius 1 is 1.27 bits per heavy atom. The molecule has 30 heavy (non-hydrogen) atoms. The second kappa shape index (κ2) is 9.20. The maximum atomic E-state index is 12.9. The number of carboxylic acids is 1. The van der Waals surface area contributed by atoms with Gasteiger partial charge in [0.2, 0.25) is 0 Å². The number of aromatic carboxylic acids is 1. The first kappa shape index (κ1) is 21.0. The lowest BCUT2D eigenvalue weighted by Gasteiger charge is -2.10. The van der Waals surface area contributed by atoms with Crippen LogP contribution in [0, 0.1) is 11.3 Å². The van der Waals surface area contributed by atoms with Gasteiger partial charge in [0, 0.05) is 10.0 Å². The highest BCUT2D eigenvalue weighted by atomic mass is 79.9. The molecule has 0 bridgehead atoms. The van der Waals surface area contributed by atoms with E-state index in [0.29, 0.717) is 18.0 Å². The Kier molecular flexibility index (Phi) is 6.45. The molecule has 8 heteroatoms. The quantitative estimate of drug-likeness (QED) is 0.586. The van der Waals surface area contributed by atoms with E-state index in [4.69, 9.17) is 4.74 Å². The van der Waals surface area contributed by atoms with Gasteiger partial charge in [-0.1, -0.05) is 40.2 Å². The standard InChI is InChI=1S/C22H16BrN3O4/c1-2-30-17-9-7-16(8-10-17)26-21(27)19(13-24)18(20(25-26)22(28)29)11-6-14-4-3-5-15(23)12-14/h3-12H,2H2,1H3,(H,28,29)/b11-6-. The largest absolute Gasteiger partial charge is 0.494 e. The molecule has 3 rings (SSSR count). The summed E-state index contributed by atoms with van der Waals surface area (Å²) in [6.45, 7) is 2.33. The molecule has 0 unspecified atom stereocenters. The summed E-state index contributed by atoms with van der Waals surface area (Å²) in [7, 11) is 0. The van der Waals surface area contributed by atoms with E-state index in [1.54, 1.807) is 30.3 Å². The summed E-state index contributed by atoms with van der Waals surface area (Å²) >= 11 is 3.36. The minimum absolute atomic E-state index is 0.0443. The van der Waals surface area contributed by atoms with E-state index in [-0.39, 0.29) is 11.1 Å². The molecule has 1 aromatic heterocycles. The zero-order valence-corrected chi connectivity index (χ0v) is 17.5. The van der Waals surface area contributed by atoms with Crippen molar-refractivity contribution >= 4 is 34.1 Å². The molecular formula is C22H16BrN3O4. The summed E-state index contributed by atoms with van der Waals surface area (Å²) in [4.78, 5) is 24.7. The summed E-state index contributed by atoms with van der Waals surface area (Å²) < 4.78 is 7.12. The first-order valence-corrected chi connectivity index (χ1v) is 9.71. The molecular weight excluding hydrogens is 450 g/mol. The SMILES string of the molecule is CCOc1ccc(-n2nc(C(=O)O)c(/C=C\c3cccc(Br)c3)c(C#N)c2=O)cc1.